The van der Waals surface area contributed by atoms with E-state index >= 15 is 0 Å². The van der Waals surface area contributed by atoms with Crippen molar-refractivity contribution in [2.24, 2.45) is 0 Å². The van der Waals surface area contributed by atoms with E-state index in [1.165, 1.54) is 19.3 Å². The Kier molecular flexibility index (Phi) is 3.71. The number of nitrogens with zero attached hydrogens (tertiary/aromatic N) is 1. The molecule has 20 heavy (non-hydrogen) atoms. The van der Waals surface area contributed by atoms with E-state index in [1.807, 2.05) is 0 Å². The van der Waals surface area contributed by atoms with Crippen LogP contribution in [0.25, 0.3) is 0 Å². The summed E-state index contributed by atoms with van der Waals surface area (Å²) in [5, 5.41) is 2.67. The summed E-state index contributed by atoms with van der Waals surface area (Å²) in [6.07, 6.45) is 8.39. The van der Waals surface area contributed by atoms with Crippen molar-refractivity contribution in [1.29, 1.82) is 0 Å². The zero-order chi connectivity index (χ0) is 14.2. The topological polar surface area (TPSA) is 58.6 Å². The van der Waals surface area contributed by atoms with Crippen molar-refractivity contribution in [1.82, 2.24) is 10.2 Å². The quantitative estimate of drug-likeness (QED) is 0.827. The fourth-order valence-electron chi connectivity index (χ4n) is 3.86. The first kappa shape index (κ1) is 13.9. The van der Waals surface area contributed by atoms with Gasteiger partial charge < -0.3 is 15.0 Å². The first-order chi connectivity index (χ1) is 9.58. The molecule has 112 valence electrons. The van der Waals surface area contributed by atoms with Crippen LogP contribution in [0, 0.1) is 0 Å². The lowest BCUT2D eigenvalue weighted by atomic mass is 9.83. The largest absolute Gasteiger partial charge is 0.370 e. The molecule has 0 aromatic rings. The third-order valence-corrected chi connectivity index (χ3v) is 4.92. The maximum absolute atomic E-state index is 12.1. The molecule has 1 spiro atoms. The first-order valence-electron chi connectivity index (χ1n) is 7.84. The maximum atomic E-state index is 12.1. The summed E-state index contributed by atoms with van der Waals surface area (Å²) < 4.78 is 6.29. The molecular weight excluding hydrogens is 256 g/mol. The van der Waals surface area contributed by atoms with Gasteiger partial charge in [0.1, 0.15) is 6.04 Å². The van der Waals surface area contributed by atoms with Crippen LogP contribution in [0.15, 0.2) is 0 Å². The molecule has 2 aliphatic heterocycles. The van der Waals surface area contributed by atoms with Gasteiger partial charge in [0.2, 0.25) is 11.8 Å². The average Bonchev–Trinajstić information content (AvgIpc) is 2.79. The van der Waals surface area contributed by atoms with Gasteiger partial charge >= 0.3 is 0 Å². The van der Waals surface area contributed by atoms with Crippen molar-refractivity contribution in [3.8, 4) is 0 Å². The van der Waals surface area contributed by atoms with Gasteiger partial charge in [0, 0.05) is 6.54 Å². The summed E-state index contributed by atoms with van der Waals surface area (Å²) in [6.45, 7) is 2.49. The monoisotopic (exact) mass is 280 g/mol. The van der Waals surface area contributed by atoms with Gasteiger partial charge in [-0.05, 0) is 32.6 Å². The molecule has 2 unspecified atom stereocenters. The predicted octanol–water partition coefficient (Wildman–Crippen LogP) is 1.22. The molecule has 3 fully saturated rings. The van der Waals surface area contributed by atoms with Crippen molar-refractivity contribution in [2.75, 3.05) is 13.1 Å². The molecule has 2 atom stereocenters. The van der Waals surface area contributed by atoms with Crippen LogP contribution in [-0.2, 0) is 14.3 Å². The SMILES string of the molecule is CC1NC(=O)CN(CC2CCC3(CCCCC3)O2)C1=O. The molecule has 2 amide bonds. The number of rotatable bonds is 2. The molecule has 0 aromatic carbocycles. The molecule has 0 bridgehead atoms. The minimum absolute atomic E-state index is 0.0118. The van der Waals surface area contributed by atoms with E-state index in [9.17, 15) is 9.59 Å². The van der Waals surface area contributed by atoms with E-state index in [1.54, 1.807) is 11.8 Å². The van der Waals surface area contributed by atoms with Gasteiger partial charge in [-0.15, -0.1) is 0 Å². The zero-order valence-corrected chi connectivity index (χ0v) is 12.2. The Morgan fingerprint density at radius 3 is 2.75 bits per heavy atom. The van der Waals surface area contributed by atoms with Crippen molar-refractivity contribution in [3.05, 3.63) is 0 Å². The molecule has 5 nitrogen and oxygen atoms in total. The summed E-state index contributed by atoms with van der Waals surface area (Å²) in [5.74, 6) is -0.0553. The van der Waals surface area contributed by atoms with Gasteiger partial charge in [-0.2, -0.15) is 0 Å². The lowest BCUT2D eigenvalue weighted by molar-refractivity contribution is -0.146. The maximum Gasteiger partial charge on any atom is 0.245 e. The third kappa shape index (κ3) is 2.68. The van der Waals surface area contributed by atoms with Crippen LogP contribution in [0.1, 0.15) is 51.9 Å². The molecule has 1 N–H and O–H groups in total. The van der Waals surface area contributed by atoms with Crippen molar-refractivity contribution < 1.29 is 14.3 Å². The summed E-state index contributed by atoms with van der Waals surface area (Å²) in [4.78, 5) is 25.3. The van der Waals surface area contributed by atoms with Crippen LogP contribution >= 0.6 is 0 Å². The number of carbonyl (C=O) groups excluding carboxylic acids is 2. The second kappa shape index (κ2) is 5.35. The van der Waals surface area contributed by atoms with E-state index in [0.717, 1.165) is 25.7 Å². The number of hydrogen-bond acceptors (Lipinski definition) is 3. The number of nitrogens with one attached hydrogen (secondary N) is 1. The lowest BCUT2D eigenvalue weighted by Gasteiger charge is -2.35. The highest BCUT2D eigenvalue weighted by molar-refractivity contribution is 5.94. The highest BCUT2D eigenvalue weighted by atomic mass is 16.5. The second-order valence-electron chi connectivity index (χ2n) is 6.53. The second-order valence-corrected chi connectivity index (χ2v) is 6.53. The van der Waals surface area contributed by atoms with Crippen molar-refractivity contribution in [3.63, 3.8) is 0 Å². The molecule has 3 aliphatic rings. The van der Waals surface area contributed by atoms with Crippen LogP contribution < -0.4 is 5.32 Å². The molecule has 0 radical (unpaired) electrons. The first-order valence-corrected chi connectivity index (χ1v) is 7.84. The van der Waals surface area contributed by atoms with E-state index in [-0.39, 0.29) is 30.1 Å². The molecule has 5 heteroatoms. The van der Waals surface area contributed by atoms with Gasteiger partial charge in [-0.25, -0.2) is 0 Å². The van der Waals surface area contributed by atoms with Crippen LogP contribution in [-0.4, -0.2) is 47.6 Å². The minimum Gasteiger partial charge on any atom is -0.370 e. The molecule has 0 aromatic heterocycles. The Morgan fingerprint density at radius 1 is 1.25 bits per heavy atom. The number of hydrogen-bond donors (Lipinski definition) is 1. The van der Waals surface area contributed by atoms with Crippen LogP contribution in [0.3, 0.4) is 0 Å². The van der Waals surface area contributed by atoms with E-state index < -0.39 is 6.04 Å². The van der Waals surface area contributed by atoms with E-state index in [0.29, 0.717) is 6.54 Å². The van der Waals surface area contributed by atoms with Gasteiger partial charge in [0.15, 0.2) is 0 Å². The molecule has 2 heterocycles. The van der Waals surface area contributed by atoms with E-state index in [2.05, 4.69) is 5.32 Å². The predicted molar refractivity (Wildman–Crippen MR) is 74.1 cm³/mol. The summed E-state index contributed by atoms with van der Waals surface area (Å²) >= 11 is 0. The summed E-state index contributed by atoms with van der Waals surface area (Å²) in [6, 6.07) is -0.402. The Hall–Kier alpha value is -1.10. The molecule has 1 aliphatic carbocycles. The fraction of sp³-hybridized carbons (Fsp3) is 0.867. The van der Waals surface area contributed by atoms with Crippen LogP contribution in [0.5, 0.6) is 0 Å². The highest BCUT2D eigenvalue weighted by Crippen LogP contribution is 2.42. The molecule has 2 saturated heterocycles. The Morgan fingerprint density at radius 2 is 2.00 bits per heavy atom. The summed E-state index contributed by atoms with van der Waals surface area (Å²) in [7, 11) is 0. The van der Waals surface area contributed by atoms with Gasteiger partial charge in [-0.3, -0.25) is 9.59 Å². The van der Waals surface area contributed by atoms with Gasteiger partial charge in [0.25, 0.3) is 0 Å². The lowest BCUT2D eigenvalue weighted by Crippen LogP contribution is -2.58. The standard InChI is InChI=1S/C15H24N2O3/c1-11-14(19)17(10-13(18)16-11)9-12-5-8-15(20-12)6-3-2-4-7-15/h11-12H,2-10H2,1H3,(H,16,18). The number of ether oxygens (including phenoxy) is 1. The Bertz CT molecular complexity index is 404. The summed E-state index contributed by atoms with van der Waals surface area (Å²) in [5.41, 5.74) is 0.0790. The van der Waals surface area contributed by atoms with Crippen LogP contribution in [0.2, 0.25) is 0 Å². The Labute approximate surface area is 120 Å². The fourth-order valence-corrected chi connectivity index (χ4v) is 3.86. The van der Waals surface area contributed by atoms with Crippen molar-refractivity contribution in [2.45, 2.75) is 69.6 Å². The molecule has 3 rings (SSSR count). The number of amides is 2. The van der Waals surface area contributed by atoms with Crippen molar-refractivity contribution >= 4 is 11.8 Å². The molecular formula is C15H24N2O3. The minimum atomic E-state index is -0.402. The molecule has 1 saturated carbocycles. The smallest absolute Gasteiger partial charge is 0.245 e. The zero-order valence-electron chi connectivity index (χ0n) is 12.2. The highest BCUT2D eigenvalue weighted by Gasteiger charge is 2.42. The van der Waals surface area contributed by atoms with Gasteiger partial charge in [0.05, 0.1) is 18.2 Å². The third-order valence-electron chi connectivity index (χ3n) is 4.92. The number of carbonyl (C=O) groups is 2. The number of piperazine rings is 1. The Balaban J connectivity index is 1.58. The van der Waals surface area contributed by atoms with Crippen LogP contribution in [0.4, 0.5) is 0 Å². The van der Waals surface area contributed by atoms with E-state index in [4.69, 9.17) is 4.74 Å². The normalized spacial score (nSPS) is 33.5. The average molecular weight is 280 g/mol. The van der Waals surface area contributed by atoms with Gasteiger partial charge in [-0.1, -0.05) is 19.3 Å².